The quantitative estimate of drug-likeness (QED) is 0.445. The van der Waals surface area contributed by atoms with Crippen molar-refractivity contribution in [1.82, 2.24) is 29.9 Å². The Balaban J connectivity index is 1.24. The number of hydrogen-bond acceptors (Lipinski definition) is 4. The first kappa shape index (κ1) is 20.1. The number of halogens is 3. The van der Waals surface area contributed by atoms with E-state index in [0.717, 1.165) is 25.3 Å². The van der Waals surface area contributed by atoms with Crippen LogP contribution < -0.4 is 0 Å². The Kier molecular flexibility index (Phi) is 4.60. The molecule has 0 amide bonds. The van der Waals surface area contributed by atoms with Crippen LogP contribution >= 0.6 is 0 Å². The number of H-pyrrole nitrogens is 1. The van der Waals surface area contributed by atoms with Crippen molar-refractivity contribution in [1.29, 1.82) is 0 Å². The molecule has 9 heteroatoms. The Bertz CT molecular complexity index is 1320. The highest BCUT2D eigenvalue weighted by molar-refractivity contribution is 5.67. The van der Waals surface area contributed by atoms with Gasteiger partial charge in [0.15, 0.2) is 5.69 Å². The summed E-state index contributed by atoms with van der Waals surface area (Å²) in [7, 11) is 0. The second-order valence-electron chi connectivity index (χ2n) is 8.87. The third kappa shape index (κ3) is 3.81. The van der Waals surface area contributed by atoms with E-state index in [1.807, 2.05) is 10.8 Å². The lowest BCUT2D eigenvalue weighted by atomic mass is 9.97. The molecule has 4 aromatic rings. The van der Waals surface area contributed by atoms with E-state index in [0.29, 0.717) is 17.3 Å². The van der Waals surface area contributed by atoms with Gasteiger partial charge in [0.05, 0.1) is 12.0 Å². The zero-order valence-electron chi connectivity index (χ0n) is 17.7. The molecular formula is C24H21F3N6. The third-order valence-corrected chi connectivity index (χ3v) is 6.60. The summed E-state index contributed by atoms with van der Waals surface area (Å²) in [5.74, 6) is 1.17. The van der Waals surface area contributed by atoms with Gasteiger partial charge in [-0.1, -0.05) is 18.2 Å². The van der Waals surface area contributed by atoms with Gasteiger partial charge >= 0.3 is 6.18 Å². The SMILES string of the molecule is FC(F)(F)c1n[nH]nc1-c1ccnc(-c2cn(C[C@@H]3CCc4ccc(C5CC5)cc43)cn2)c1. The third-order valence-electron chi connectivity index (χ3n) is 6.60. The van der Waals surface area contributed by atoms with Crippen LogP contribution in [0.5, 0.6) is 0 Å². The van der Waals surface area contributed by atoms with Crippen LogP contribution in [-0.2, 0) is 19.1 Å². The number of hydrogen-bond donors (Lipinski definition) is 1. The number of alkyl halides is 3. The molecule has 1 aromatic carbocycles. The predicted molar refractivity (Wildman–Crippen MR) is 115 cm³/mol. The van der Waals surface area contributed by atoms with Gasteiger partial charge in [0.1, 0.15) is 11.4 Å². The fourth-order valence-electron chi connectivity index (χ4n) is 4.76. The summed E-state index contributed by atoms with van der Waals surface area (Å²) >= 11 is 0. The monoisotopic (exact) mass is 450 g/mol. The molecule has 1 N–H and O–H groups in total. The molecule has 1 atom stereocenters. The van der Waals surface area contributed by atoms with E-state index in [9.17, 15) is 13.2 Å². The van der Waals surface area contributed by atoms with Crippen molar-refractivity contribution in [2.45, 2.75) is 50.2 Å². The topological polar surface area (TPSA) is 72.3 Å². The van der Waals surface area contributed by atoms with Crippen LogP contribution in [0.2, 0.25) is 0 Å². The van der Waals surface area contributed by atoms with Crippen LogP contribution in [0.3, 0.4) is 0 Å². The van der Waals surface area contributed by atoms with E-state index in [1.165, 1.54) is 41.8 Å². The molecule has 0 radical (unpaired) electrons. The standard InChI is InChI=1S/C24H21F3N6/c25-24(26,27)23-22(30-32-31-23)17-7-8-28-20(10-17)21-12-33(13-29-21)11-18-6-4-15-3-5-16(9-19(15)18)14-1-2-14/h3,5,7-10,12-14,18H,1-2,4,6,11H2,(H,30,31,32)/t18-/m0/s1. The maximum Gasteiger partial charge on any atom is 0.437 e. The average molecular weight is 450 g/mol. The molecule has 2 aliphatic rings. The fraction of sp³-hybridized carbons (Fsp3) is 0.333. The molecule has 1 fully saturated rings. The molecule has 3 aromatic heterocycles. The van der Waals surface area contributed by atoms with E-state index in [2.05, 4.69) is 43.6 Å². The Hall–Kier alpha value is -3.49. The molecular weight excluding hydrogens is 429 g/mol. The smallest absolute Gasteiger partial charge is 0.336 e. The van der Waals surface area contributed by atoms with Gasteiger partial charge in [-0.2, -0.15) is 28.6 Å². The van der Waals surface area contributed by atoms with Gasteiger partial charge in [0.25, 0.3) is 0 Å². The van der Waals surface area contributed by atoms with Gasteiger partial charge in [-0.25, -0.2) is 4.98 Å². The lowest BCUT2D eigenvalue weighted by Crippen LogP contribution is -2.07. The van der Waals surface area contributed by atoms with Crippen LogP contribution in [0.1, 0.15) is 53.5 Å². The van der Waals surface area contributed by atoms with Crippen LogP contribution in [-0.4, -0.2) is 29.9 Å². The summed E-state index contributed by atoms with van der Waals surface area (Å²) in [4.78, 5) is 8.78. The van der Waals surface area contributed by atoms with Crippen LogP contribution in [0.15, 0.2) is 49.1 Å². The summed E-state index contributed by atoms with van der Waals surface area (Å²) in [5, 5.41) is 9.03. The van der Waals surface area contributed by atoms with E-state index in [-0.39, 0.29) is 11.3 Å². The average Bonchev–Trinajstić information content (AvgIpc) is 3.20. The first-order chi connectivity index (χ1) is 16.0. The van der Waals surface area contributed by atoms with Gasteiger partial charge < -0.3 is 4.57 Å². The molecule has 0 aliphatic heterocycles. The number of imidazole rings is 1. The number of fused-ring (bicyclic) bond motifs is 1. The second-order valence-corrected chi connectivity index (χ2v) is 8.87. The zero-order valence-corrected chi connectivity index (χ0v) is 17.7. The van der Waals surface area contributed by atoms with Gasteiger partial charge in [-0.05, 0) is 60.4 Å². The zero-order chi connectivity index (χ0) is 22.6. The first-order valence-electron chi connectivity index (χ1n) is 11.0. The number of nitrogens with one attached hydrogen (secondary N) is 1. The molecule has 0 saturated heterocycles. The Labute approximate surface area is 187 Å². The maximum atomic E-state index is 13.2. The van der Waals surface area contributed by atoms with Crippen molar-refractivity contribution in [3.8, 4) is 22.6 Å². The van der Waals surface area contributed by atoms with E-state index in [4.69, 9.17) is 0 Å². The van der Waals surface area contributed by atoms with Crippen LogP contribution in [0.25, 0.3) is 22.6 Å². The highest BCUT2D eigenvalue weighted by Gasteiger charge is 2.38. The summed E-state index contributed by atoms with van der Waals surface area (Å²) in [6.07, 6.45) is 5.33. The van der Waals surface area contributed by atoms with Gasteiger partial charge in [0.2, 0.25) is 0 Å². The van der Waals surface area contributed by atoms with Crippen molar-refractivity contribution in [3.63, 3.8) is 0 Å². The van der Waals surface area contributed by atoms with Gasteiger partial charge in [0, 0.05) is 30.4 Å². The normalized spacial score (nSPS) is 18.0. The number of rotatable bonds is 5. The van der Waals surface area contributed by atoms with Crippen molar-refractivity contribution >= 4 is 0 Å². The molecule has 33 heavy (non-hydrogen) atoms. The summed E-state index contributed by atoms with van der Waals surface area (Å²) < 4.78 is 41.7. The number of aromatic nitrogens is 6. The van der Waals surface area contributed by atoms with Crippen LogP contribution in [0, 0.1) is 0 Å². The highest BCUT2D eigenvalue weighted by atomic mass is 19.4. The first-order valence-corrected chi connectivity index (χ1v) is 11.0. The molecule has 0 unspecified atom stereocenters. The Morgan fingerprint density at radius 3 is 2.70 bits per heavy atom. The molecule has 6 rings (SSSR count). The van der Waals surface area contributed by atoms with Crippen molar-refractivity contribution in [3.05, 3.63) is 71.4 Å². The van der Waals surface area contributed by atoms with Crippen molar-refractivity contribution in [2.24, 2.45) is 0 Å². The minimum atomic E-state index is -4.59. The molecule has 6 nitrogen and oxygen atoms in total. The largest absolute Gasteiger partial charge is 0.437 e. The Morgan fingerprint density at radius 2 is 1.88 bits per heavy atom. The summed E-state index contributed by atoms with van der Waals surface area (Å²) in [6.45, 7) is 0.815. The lowest BCUT2D eigenvalue weighted by molar-refractivity contribution is -0.140. The number of aryl methyl sites for hydroxylation is 1. The molecule has 3 heterocycles. The summed E-state index contributed by atoms with van der Waals surface area (Å²) in [6, 6.07) is 10.0. The number of aromatic amines is 1. The highest BCUT2D eigenvalue weighted by Crippen LogP contribution is 2.43. The minimum absolute atomic E-state index is 0.250. The predicted octanol–water partition coefficient (Wildman–Crippen LogP) is 5.36. The van der Waals surface area contributed by atoms with Crippen molar-refractivity contribution < 1.29 is 13.2 Å². The Morgan fingerprint density at radius 1 is 1.00 bits per heavy atom. The lowest BCUT2D eigenvalue weighted by Gasteiger charge is -2.13. The van der Waals surface area contributed by atoms with Crippen LogP contribution in [0.4, 0.5) is 13.2 Å². The summed E-state index contributed by atoms with van der Waals surface area (Å²) in [5.41, 5.74) is 4.43. The molecule has 0 bridgehead atoms. The number of pyridine rings is 1. The fourth-order valence-corrected chi connectivity index (χ4v) is 4.76. The molecule has 168 valence electrons. The minimum Gasteiger partial charge on any atom is -0.336 e. The molecule has 0 spiro atoms. The number of nitrogens with zero attached hydrogens (tertiary/aromatic N) is 5. The van der Waals surface area contributed by atoms with E-state index in [1.54, 1.807) is 12.4 Å². The second kappa shape index (κ2) is 7.54. The molecule has 1 saturated carbocycles. The van der Waals surface area contributed by atoms with Gasteiger partial charge in [-0.15, -0.1) is 0 Å². The van der Waals surface area contributed by atoms with Gasteiger partial charge in [-0.3, -0.25) is 4.98 Å². The maximum absolute atomic E-state index is 13.2. The number of benzene rings is 1. The van der Waals surface area contributed by atoms with E-state index >= 15 is 0 Å². The van der Waals surface area contributed by atoms with E-state index < -0.39 is 11.9 Å². The van der Waals surface area contributed by atoms with Crippen molar-refractivity contribution in [2.75, 3.05) is 0 Å². The molecule has 2 aliphatic carbocycles.